The topological polar surface area (TPSA) is 188 Å². The minimum absolute atomic E-state index is 0.110. The number of hydroxylamine groups is 1. The zero-order chi connectivity index (χ0) is 33.3. The van der Waals surface area contributed by atoms with Crippen molar-refractivity contribution < 1.29 is 62.9 Å². The van der Waals surface area contributed by atoms with E-state index in [1.54, 1.807) is 0 Å². The molecule has 7 N–H and O–H groups in total. The second-order valence-corrected chi connectivity index (χ2v) is 11.4. The molecular weight excluding hydrogens is 638 g/mol. The third-order valence-electron chi connectivity index (χ3n) is 7.77. The summed E-state index contributed by atoms with van der Waals surface area (Å²) in [7, 11) is 0. The van der Waals surface area contributed by atoms with Crippen molar-refractivity contribution in [3.05, 3.63) is 75.4 Å². The second-order valence-electron chi connectivity index (χ2n) is 11.0. The predicted molar refractivity (Wildman–Crippen MR) is 155 cm³/mol. The molecule has 9 atom stereocenters. The van der Waals surface area contributed by atoms with Crippen LogP contribution >= 0.6 is 11.6 Å². The van der Waals surface area contributed by atoms with Gasteiger partial charge in [0.05, 0.1) is 11.7 Å². The van der Waals surface area contributed by atoms with Gasteiger partial charge in [-0.1, -0.05) is 17.7 Å². The highest BCUT2D eigenvalue weighted by molar-refractivity contribution is 6.31. The van der Waals surface area contributed by atoms with Crippen molar-refractivity contribution in [3.63, 3.8) is 0 Å². The number of carbonyl (C=O) groups is 1. The normalized spacial score (nSPS) is 32.0. The van der Waals surface area contributed by atoms with Crippen molar-refractivity contribution in [2.45, 2.75) is 75.6 Å². The Hall–Kier alpha value is -3.54. The number of phenols is 1. The minimum atomic E-state index is -2.05. The lowest BCUT2D eigenvalue weighted by Crippen LogP contribution is -2.67. The zero-order valence-electron chi connectivity index (χ0n) is 24.5. The number of carbonyl (C=O) groups excluding carboxylic acids is 1. The van der Waals surface area contributed by atoms with Gasteiger partial charge in [-0.15, -0.1) is 0 Å². The number of benzene rings is 2. The number of aliphatic hydroxyl groups is 4. The largest absolute Gasteiger partial charge is 0.504 e. The van der Waals surface area contributed by atoms with Crippen molar-refractivity contribution in [3.8, 4) is 11.5 Å². The van der Waals surface area contributed by atoms with Gasteiger partial charge in [0.2, 0.25) is 12.1 Å². The Morgan fingerprint density at radius 2 is 1.78 bits per heavy atom. The summed E-state index contributed by atoms with van der Waals surface area (Å²) in [5.41, 5.74) is 3.42. The number of hydrogen-bond acceptors (Lipinski definition) is 12. The molecule has 3 aliphatic rings. The molecule has 46 heavy (non-hydrogen) atoms. The predicted octanol–water partition coefficient (Wildman–Crippen LogP) is 1.30. The van der Waals surface area contributed by atoms with Crippen LogP contribution < -0.4 is 15.5 Å². The van der Waals surface area contributed by atoms with Crippen molar-refractivity contribution in [2.24, 2.45) is 0 Å². The molecule has 16 heteroatoms. The molecule has 13 nitrogen and oxygen atoms in total. The van der Waals surface area contributed by atoms with Gasteiger partial charge in [-0.25, -0.2) is 8.78 Å². The fraction of sp³-hybridized carbons (Fsp3) is 0.433. The van der Waals surface area contributed by atoms with Gasteiger partial charge >= 0.3 is 0 Å². The van der Waals surface area contributed by atoms with Crippen LogP contribution in [0.3, 0.4) is 0 Å². The molecule has 1 amide bonds. The molecule has 0 aromatic heterocycles. The minimum Gasteiger partial charge on any atom is -0.504 e. The Labute approximate surface area is 266 Å². The molecule has 0 radical (unpaired) electrons. The molecule has 5 rings (SSSR count). The highest BCUT2D eigenvalue weighted by Gasteiger charge is 2.53. The van der Waals surface area contributed by atoms with E-state index in [-0.39, 0.29) is 41.2 Å². The van der Waals surface area contributed by atoms with Crippen molar-refractivity contribution in [1.82, 2.24) is 10.8 Å². The number of allylic oxidation sites excluding steroid dienone is 1. The third-order valence-corrected chi connectivity index (χ3v) is 8.14. The number of aliphatic hydroxyl groups excluding tert-OH is 4. The highest BCUT2D eigenvalue weighted by Crippen LogP contribution is 2.35. The lowest BCUT2D eigenvalue weighted by atomic mass is 9.83. The monoisotopic (exact) mass is 670 g/mol. The maximum Gasteiger partial charge on any atom is 0.275 e. The van der Waals surface area contributed by atoms with Crippen molar-refractivity contribution in [2.75, 3.05) is 6.79 Å². The maximum atomic E-state index is 14.9. The Kier molecular flexibility index (Phi) is 10.3. The number of halogens is 3. The van der Waals surface area contributed by atoms with Crippen molar-refractivity contribution >= 4 is 23.6 Å². The van der Waals surface area contributed by atoms with Gasteiger partial charge in [-0.3, -0.25) is 15.1 Å². The number of fused-ring (bicyclic) bond motifs is 1. The molecule has 1 aliphatic carbocycles. The quantitative estimate of drug-likeness (QED) is 0.150. The van der Waals surface area contributed by atoms with Crippen LogP contribution in [-0.2, 0) is 30.4 Å². The summed E-state index contributed by atoms with van der Waals surface area (Å²) in [6.07, 6.45) is -10.1. The number of hydrogen-bond donors (Lipinski definition) is 7. The fourth-order valence-corrected chi connectivity index (χ4v) is 5.44. The molecule has 2 aromatic rings. The Morgan fingerprint density at radius 1 is 1.07 bits per heavy atom. The van der Waals surface area contributed by atoms with Gasteiger partial charge in [0.1, 0.15) is 49.7 Å². The first kappa shape index (κ1) is 33.8. The molecule has 0 spiro atoms. The van der Waals surface area contributed by atoms with Crippen LogP contribution in [-0.4, -0.2) is 93.4 Å². The molecule has 250 valence electrons. The molecule has 2 heterocycles. The van der Waals surface area contributed by atoms with Gasteiger partial charge in [-0.05, 0) is 55.8 Å². The number of ether oxygens (including phenoxy) is 4. The van der Waals surface area contributed by atoms with Crippen LogP contribution in [0.2, 0.25) is 5.02 Å². The molecule has 3 fully saturated rings. The number of alkyl halides is 1. The van der Waals surface area contributed by atoms with E-state index >= 15 is 0 Å². The van der Waals surface area contributed by atoms with Gasteiger partial charge in [0.15, 0.2) is 23.4 Å². The Balaban J connectivity index is 1.19. The summed E-state index contributed by atoms with van der Waals surface area (Å²) < 4.78 is 49.8. The SMILES string of the molecule is CC(=Cc1ccc(O[C@@H]2OC(=C(C)NOCc3cc(F)ccc3Cl)[C@@H](O)[C@@H]2F)c(O)c1)C(=O)N[C@@H]1[C@H](O)[C@@H](O)[C@H]2OCO[C@H]2[C@@H]1O. The molecule has 1 saturated carbocycles. The van der Waals surface area contributed by atoms with Crippen LogP contribution in [0.5, 0.6) is 11.5 Å². The lowest BCUT2D eigenvalue weighted by molar-refractivity contribution is -0.155. The van der Waals surface area contributed by atoms with Crippen LogP contribution in [0.25, 0.3) is 6.08 Å². The summed E-state index contributed by atoms with van der Waals surface area (Å²) in [5.74, 6) is -2.01. The van der Waals surface area contributed by atoms with E-state index in [0.29, 0.717) is 11.1 Å². The number of rotatable bonds is 9. The molecule has 2 aromatic carbocycles. The average Bonchev–Trinajstić information content (AvgIpc) is 3.62. The second kappa shape index (κ2) is 14.1. The van der Waals surface area contributed by atoms with Crippen LogP contribution in [0.15, 0.2) is 53.4 Å². The lowest BCUT2D eigenvalue weighted by Gasteiger charge is -2.41. The standard InChI is InChI=1S/C30H33ClF2N2O11/c1-12(29(41)34-21-23(38)25(40)28-27(24(21)39)42-11-43-28)7-14-3-6-19(18(36)8-14)45-30-20(33)22(37)26(46-30)13(2)35-44-10-15-9-16(32)4-5-17(15)31/h3-9,20-25,27-28,30,35-40H,10-11H2,1-2H3,(H,34,41)/t20-,21+,22-,23-,24+,25+,27-,28+,30+/m0/s1. The summed E-state index contributed by atoms with van der Waals surface area (Å²) in [6, 6.07) is 6.51. The van der Waals surface area contributed by atoms with Gasteiger partial charge in [-0.2, -0.15) is 0 Å². The van der Waals surface area contributed by atoms with Crippen LogP contribution in [0.1, 0.15) is 25.0 Å². The summed E-state index contributed by atoms with van der Waals surface area (Å²) in [6.45, 7) is 2.58. The van der Waals surface area contributed by atoms with E-state index in [0.717, 1.165) is 0 Å². The first-order valence-electron chi connectivity index (χ1n) is 14.1. The third kappa shape index (κ3) is 7.06. The summed E-state index contributed by atoms with van der Waals surface area (Å²) >= 11 is 6.01. The number of amides is 1. The van der Waals surface area contributed by atoms with Gasteiger partial charge in [0.25, 0.3) is 6.29 Å². The first-order chi connectivity index (χ1) is 21.8. The number of nitrogens with one attached hydrogen (secondary N) is 2. The van der Waals surface area contributed by atoms with E-state index in [1.807, 2.05) is 0 Å². The average molecular weight is 671 g/mol. The molecule has 0 bridgehead atoms. The number of phenolic OH excluding ortho intramolecular Hbond substituents is 1. The first-order valence-corrected chi connectivity index (χ1v) is 14.5. The van der Waals surface area contributed by atoms with E-state index in [1.165, 1.54) is 56.3 Å². The fourth-order valence-electron chi connectivity index (χ4n) is 5.26. The van der Waals surface area contributed by atoms with Gasteiger partial charge < -0.3 is 49.8 Å². The van der Waals surface area contributed by atoms with Gasteiger partial charge in [0, 0.05) is 16.2 Å². The molecular formula is C30H33ClF2N2O11. The maximum absolute atomic E-state index is 14.9. The molecule has 2 saturated heterocycles. The molecule has 0 unspecified atom stereocenters. The van der Waals surface area contributed by atoms with E-state index < -0.39 is 72.6 Å². The van der Waals surface area contributed by atoms with Crippen molar-refractivity contribution in [1.29, 1.82) is 0 Å². The smallest absolute Gasteiger partial charge is 0.275 e. The Morgan fingerprint density at radius 3 is 2.50 bits per heavy atom. The van der Waals surface area contributed by atoms with Crippen LogP contribution in [0.4, 0.5) is 8.78 Å². The summed E-state index contributed by atoms with van der Waals surface area (Å²) in [4.78, 5) is 18.1. The van der Waals surface area contributed by atoms with E-state index in [9.17, 15) is 39.1 Å². The summed E-state index contributed by atoms with van der Waals surface area (Å²) in [5, 5.41) is 55.0. The zero-order valence-corrected chi connectivity index (χ0v) is 25.2. The van der Waals surface area contributed by atoms with E-state index in [4.69, 9.17) is 35.4 Å². The highest BCUT2D eigenvalue weighted by atomic mass is 35.5. The molecule has 2 aliphatic heterocycles. The van der Waals surface area contributed by atoms with Crippen LogP contribution in [0, 0.1) is 5.82 Å². The van der Waals surface area contributed by atoms with E-state index in [2.05, 4.69) is 10.8 Å². The Bertz CT molecular complexity index is 1510. The number of aromatic hydroxyl groups is 1.